The summed E-state index contributed by atoms with van der Waals surface area (Å²) < 4.78 is 6.20. The highest BCUT2D eigenvalue weighted by molar-refractivity contribution is 5.89. The molecule has 13 nitrogen and oxygen atoms in total. The number of amides is 4. The number of aromatic nitrogens is 2. The Bertz CT molecular complexity index is 1410. The van der Waals surface area contributed by atoms with Gasteiger partial charge in [0.2, 0.25) is 5.91 Å². The Morgan fingerprint density at radius 1 is 0.977 bits per heavy atom. The Hall–Kier alpha value is -3.97. The molecule has 2 aliphatic carbocycles. The van der Waals surface area contributed by atoms with Crippen LogP contribution in [0.25, 0.3) is 5.69 Å². The van der Waals surface area contributed by atoms with E-state index in [0.717, 1.165) is 44.2 Å². The molecule has 1 saturated heterocycles. The number of fused-ring (bicyclic) bond motifs is 1. The normalized spacial score (nSPS) is 22.1. The standard InChI is InChI=1S/C30H42N8O5/c1-30(2,31)26(39)36-12-14-37(15-13-36)27(40)34-25-10-11-38(28(41)35-25)24-9-5-19-16-21(6-4-20(19)17-24)32-22-7-8-23(18-22)33-29(42)43-3/h5,9-11,17,21-23,32H,4,6-8,12-16,18,31H2,1-3H3,(H,33,42)(H,34,35,40,41)/t21?,22?,23-/m0/s1. The molecule has 1 aromatic heterocycles. The number of carbonyl (C=O) groups is 3. The summed E-state index contributed by atoms with van der Waals surface area (Å²) in [7, 11) is 1.38. The molecule has 0 bridgehead atoms. The quantitative estimate of drug-likeness (QED) is 0.390. The van der Waals surface area contributed by atoms with E-state index in [1.165, 1.54) is 22.8 Å². The van der Waals surface area contributed by atoms with E-state index in [9.17, 15) is 19.2 Å². The lowest BCUT2D eigenvalue weighted by Gasteiger charge is -2.37. The number of carbonyl (C=O) groups excluding carboxylic acids is 3. The smallest absolute Gasteiger partial charge is 0.407 e. The number of ether oxygens (including phenoxy) is 1. The molecule has 13 heteroatoms. The average Bonchev–Trinajstić information content (AvgIpc) is 3.42. The molecular weight excluding hydrogens is 552 g/mol. The molecule has 43 heavy (non-hydrogen) atoms. The van der Waals surface area contributed by atoms with Crippen molar-refractivity contribution >= 4 is 23.8 Å². The summed E-state index contributed by atoms with van der Waals surface area (Å²) in [6, 6.07) is 8.17. The van der Waals surface area contributed by atoms with Crippen molar-refractivity contribution in [2.24, 2.45) is 5.73 Å². The van der Waals surface area contributed by atoms with E-state index >= 15 is 0 Å². The maximum absolute atomic E-state index is 12.9. The van der Waals surface area contributed by atoms with Gasteiger partial charge in [-0.05, 0) is 81.7 Å². The van der Waals surface area contributed by atoms with E-state index < -0.39 is 11.2 Å². The van der Waals surface area contributed by atoms with E-state index in [1.807, 2.05) is 12.1 Å². The minimum Gasteiger partial charge on any atom is -0.453 e. The maximum Gasteiger partial charge on any atom is 0.407 e. The van der Waals surface area contributed by atoms with Gasteiger partial charge in [0.05, 0.1) is 18.3 Å². The number of alkyl carbamates (subject to hydrolysis) is 1. The first-order valence-electron chi connectivity index (χ1n) is 15.0. The zero-order valence-corrected chi connectivity index (χ0v) is 25.1. The SMILES string of the molecule is COC(=O)N[C@H]1CCC(NC2CCc3cc(-n4ccc(NC(=O)N5CCN(C(=O)C(C)(C)N)CC5)nc4=O)ccc3C2)C1. The Morgan fingerprint density at radius 2 is 1.70 bits per heavy atom. The number of nitrogens with one attached hydrogen (secondary N) is 3. The van der Waals surface area contributed by atoms with Crippen molar-refractivity contribution in [3.05, 3.63) is 52.1 Å². The van der Waals surface area contributed by atoms with Crippen LogP contribution in [0.2, 0.25) is 0 Å². The second kappa shape index (κ2) is 12.7. The van der Waals surface area contributed by atoms with Crippen LogP contribution in [0.5, 0.6) is 0 Å². The van der Waals surface area contributed by atoms with Gasteiger partial charge in [-0.25, -0.2) is 14.4 Å². The number of hydrogen-bond acceptors (Lipinski definition) is 8. The van der Waals surface area contributed by atoms with Crippen LogP contribution in [0.4, 0.5) is 15.4 Å². The minimum absolute atomic E-state index is 0.145. The fraction of sp³-hybridized carbons (Fsp3) is 0.567. The Labute approximate surface area is 251 Å². The molecular formula is C30H42N8O5. The summed E-state index contributed by atoms with van der Waals surface area (Å²) in [6.07, 6.45) is 6.91. The van der Waals surface area contributed by atoms with Crippen molar-refractivity contribution in [1.29, 1.82) is 0 Å². The van der Waals surface area contributed by atoms with Gasteiger partial charge in [0.15, 0.2) is 0 Å². The van der Waals surface area contributed by atoms with E-state index in [1.54, 1.807) is 35.9 Å². The van der Waals surface area contributed by atoms with Crippen LogP contribution in [0.1, 0.15) is 50.7 Å². The number of nitrogens with zero attached hydrogens (tertiary/aromatic N) is 4. The summed E-state index contributed by atoms with van der Waals surface area (Å²) in [4.78, 5) is 57.0. The molecule has 2 heterocycles. The van der Waals surface area contributed by atoms with Crippen LogP contribution in [0.15, 0.2) is 35.3 Å². The molecule has 232 valence electrons. The van der Waals surface area contributed by atoms with Crippen LogP contribution >= 0.6 is 0 Å². The molecule has 1 aliphatic heterocycles. The largest absolute Gasteiger partial charge is 0.453 e. The first kappa shape index (κ1) is 30.5. The predicted molar refractivity (Wildman–Crippen MR) is 161 cm³/mol. The van der Waals surface area contributed by atoms with E-state index in [2.05, 4.69) is 27.0 Å². The molecule has 0 spiro atoms. The number of methoxy groups -OCH3 is 1. The van der Waals surface area contributed by atoms with Gasteiger partial charge in [0, 0.05) is 50.5 Å². The fourth-order valence-corrected chi connectivity index (χ4v) is 6.23. The molecule has 2 unspecified atom stereocenters. The van der Waals surface area contributed by atoms with Crippen molar-refractivity contribution in [2.45, 2.75) is 76.0 Å². The Kier molecular flexibility index (Phi) is 9.02. The number of piperazine rings is 1. The molecule has 2 fully saturated rings. The molecule has 1 saturated carbocycles. The second-order valence-electron chi connectivity index (χ2n) is 12.3. The molecule has 5 N–H and O–H groups in total. The lowest BCUT2D eigenvalue weighted by Crippen LogP contribution is -2.58. The number of benzene rings is 1. The van der Waals surface area contributed by atoms with Gasteiger partial charge in [-0.2, -0.15) is 4.98 Å². The van der Waals surface area contributed by atoms with Gasteiger partial charge in [-0.15, -0.1) is 0 Å². The third-order valence-electron chi connectivity index (χ3n) is 8.55. The van der Waals surface area contributed by atoms with Crippen molar-refractivity contribution in [2.75, 3.05) is 38.6 Å². The number of aryl methyl sites for hydroxylation is 1. The molecule has 3 aliphatic rings. The number of anilines is 1. The Balaban J connectivity index is 1.14. The molecule has 3 atom stereocenters. The van der Waals surface area contributed by atoms with Crippen LogP contribution in [0, 0.1) is 0 Å². The summed E-state index contributed by atoms with van der Waals surface area (Å²) in [5, 5.41) is 9.38. The van der Waals surface area contributed by atoms with E-state index in [0.29, 0.717) is 38.3 Å². The highest BCUT2D eigenvalue weighted by Crippen LogP contribution is 2.27. The highest BCUT2D eigenvalue weighted by atomic mass is 16.5. The average molecular weight is 595 g/mol. The van der Waals surface area contributed by atoms with Gasteiger partial charge in [-0.3, -0.25) is 14.7 Å². The fourth-order valence-electron chi connectivity index (χ4n) is 6.23. The summed E-state index contributed by atoms with van der Waals surface area (Å²) in [6.45, 7) is 4.86. The number of hydrogen-bond donors (Lipinski definition) is 4. The monoisotopic (exact) mass is 594 g/mol. The third kappa shape index (κ3) is 7.34. The van der Waals surface area contributed by atoms with Crippen LogP contribution in [-0.4, -0.2) is 94.3 Å². The van der Waals surface area contributed by atoms with Gasteiger partial charge >= 0.3 is 17.8 Å². The van der Waals surface area contributed by atoms with Crippen molar-refractivity contribution in [3.8, 4) is 5.69 Å². The van der Waals surface area contributed by atoms with Gasteiger partial charge in [-0.1, -0.05) is 6.07 Å². The molecule has 5 rings (SSSR count). The summed E-state index contributed by atoms with van der Waals surface area (Å²) in [5.41, 5.74) is 7.69. The maximum atomic E-state index is 12.9. The number of urea groups is 1. The van der Waals surface area contributed by atoms with Crippen LogP contribution in [0.3, 0.4) is 0 Å². The molecule has 0 radical (unpaired) electrons. The van der Waals surface area contributed by atoms with Crippen molar-refractivity contribution in [1.82, 2.24) is 30.0 Å². The van der Waals surface area contributed by atoms with Crippen LogP contribution in [-0.2, 0) is 22.4 Å². The summed E-state index contributed by atoms with van der Waals surface area (Å²) in [5.74, 6) is 0.0285. The van der Waals surface area contributed by atoms with Crippen LogP contribution < -0.4 is 27.4 Å². The van der Waals surface area contributed by atoms with Gasteiger partial charge in [0.25, 0.3) is 0 Å². The lowest BCUT2D eigenvalue weighted by atomic mass is 9.87. The zero-order chi connectivity index (χ0) is 30.7. The first-order valence-corrected chi connectivity index (χ1v) is 15.0. The molecule has 1 aromatic carbocycles. The van der Waals surface area contributed by atoms with Gasteiger partial charge in [0.1, 0.15) is 5.82 Å². The van der Waals surface area contributed by atoms with Crippen molar-refractivity contribution < 1.29 is 19.1 Å². The van der Waals surface area contributed by atoms with E-state index in [-0.39, 0.29) is 29.9 Å². The minimum atomic E-state index is -0.956. The second-order valence-corrected chi connectivity index (χ2v) is 12.3. The zero-order valence-electron chi connectivity index (χ0n) is 25.1. The van der Waals surface area contributed by atoms with Crippen molar-refractivity contribution in [3.63, 3.8) is 0 Å². The molecule has 2 aromatic rings. The van der Waals surface area contributed by atoms with Gasteiger partial charge < -0.3 is 30.9 Å². The highest BCUT2D eigenvalue weighted by Gasteiger charge is 2.32. The lowest BCUT2D eigenvalue weighted by molar-refractivity contribution is -0.137. The first-order chi connectivity index (χ1) is 20.5. The summed E-state index contributed by atoms with van der Waals surface area (Å²) >= 11 is 0. The number of nitrogens with two attached hydrogens (primary N) is 1. The number of rotatable bonds is 6. The third-order valence-corrected chi connectivity index (χ3v) is 8.55. The Morgan fingerprint density at radius 3 is 2.40 bits per heavy atom. The predicted octanol–water partition coefficient (Wildman–Crippen LogP) is 1.37. The molecule has 4 amide bonds. The topological polar surface area (TPSA) is 164 Å². The van der Waals surface area contributed by atoms with E-state index in [4.69, 9.17) is 10.5 Å².